The van der Waals surface area contributed by atoms with E-state index in [0.29, 0.717) is 6.61 Å². The Morgan fingerprint density at radius 1 is 1.00 bits per heavy atom. The van der Waals surface area contributed by atoms with Crippen molar-refractivity contribution in [2.75, 3.05) is 6.61 Å². The lowest BCUT2D eigenvalue weighted by Crippen LogP contribution is -2.09. The summed E-state index contributed by atoms with van der Waals surface area (Å²) in [4.78, 5) is 11.6. The SMILES string of the molecule is O=C1OCCC1SCc1cccc2cc3ccccc3cc12. The highest BCUT2D eigenvalue weighted by Gasteiger charge is 2.26. The Morgan fingerprint density at radius 3 is 2.55 bits per heavy atom. The van der Waals surface area contributed by atoms with Crippen LogP contribution in [-0.4, -0.2) is 17.8 Å². The smallest absolute Gasteiger partial charge is 0.319 e. The van der Waals surface area contributed by atoms with Crippen LogP contribution in [0.5, 0.6) is 0 Å². The van der Waals surface area contributed by atoms with Gasteiger partial charge in [-0.05, 0) is 39.2 Å². The standard InChI is InChI=1S/C19H16O2S/c20-19-18(8-9-21-19)22-12-16-7-3-6-15-10-13-4-1-2-5-14(13)11-17(15)16/h1-7,10-11,18H,8-9,12H2. The first-order valence-electron chi connectivity index (χ1n) is 7.50. The average molecular weight is 308 g/mol. The third-order valence-electron chi connectivity index (χ3n) is 4.16. The van der Waals surface area contributed by atoms with Crippen molar-refractivity contribution in [1.82, 2.24) is 0 Å². The summed E-state index contributed by atoms with van der Waals surface area (Å²) in [7, 11) is 0. The lowest BCUT2D eigenvalue weighted by atomic mass is 10.0. The number of fused-ring (bicyclic) bond motifs is 2. The van der Waals surface area contributed by atoms with Gasteiger partial charge in [0.15, 0.2) is 0 Å². The van der Waals surface area contributed by atoms with Gasteiger partial charge in [-0.25, -0.2) is 0 Å². The highest BCUT2D eigenvalue weighted by molar-refractivity contribution is 7.99. The third kappa shape index (κ3) is 2.46. The quantitative estimate of drug-likeness (QED) is 0.525. The van der Waals surface area contributed by atoms with Crippen LogP contribution in [0.25, 0.3) is 21.5 Å². The molecule has 1 aliphatic rings. The van der Waals surface area contributed by atoms with Crippen LogP contribution in [0.4, 0.5) is 0 Å². The zero-order valence-corrected chi connectivity index (χ0v) is 12.9. The maximum absolute atomic E-state index is 11.6. The number of hydrogen-bond acceptors (Lipinski definition) is 3. The second-order valence-electron chi connectivity index (χ2n) is 5.59. The highest BCUT2D eigenvalue weighted by atomic mass is 32.2. The van der Waals surface area contributed by atoms with E-state index in [0.717, 1.165) is 12.2 Å². The van der Waals surface area contributed by atoms with Crippen LogP contribution < -0.4 is 0 Å². The molecule has 0 aromatic heterocycles. The summed E-state index contributed by atoms with van der Waals surface area (Å²) in [5.74, 6) is 0.783. The fraction of sp³-hybridized carbons (Fsp3) is 0.211. The summed E-state index contributed by atoms with van der Waals surface area (Å²) < 4.78 is 5.04. The van der Waals surface area contributed by atoms with Crippen molar-refractivity contribution in [1.29, 1.82) is 0 Å². The molecule has 0 amide bonds. The zero-order chi connectivity index (χ0) is 14.9. The first-order chi connectivity index (χ1) is 10.8. The minimum atomic E-state index is -0.0595. The van der Waals surface area contributed by atoms with E-state index >= 15 is 0 Å². The fourth-order valence-corrected chi connectivity index (χ4v) is 4.08. The van der Waals surface area contributed by atoms with Gasteiger partial charge in [-0.2, -0.15) is 0 Å². The molecule has 1 saturated heterocycles. The first kappa shape index (κ1) is 13.6. The minimum absolute atomic E-state index is 0.00397. The number of ether oxygens (including phenoxy) is 1. The molecule has 3 heteroatoms. The fourth-order valence-electron chi connectivity index (χ4n) is 2.98. The number of carbonyl (C=O) groups is 1. The Balaban J connectivity index is 1.70. The first-order valence-corrected chi connectivity index (χ1v) is 8.55. The number of cyclic esters (lactones) is 1. The molecule has 1 atom stereocenters. The van der Waals surface area contributed by atoms with Crippen LogP contribution in [-0.2, 0) is 15.3 Å². The summed E-state index contributed by atoms with van der Waals surface area (Å²) >= 11 is 1.69. The van der Waals surface area contributed by atoms with Crippen LogP contribution in [0.2, 0.25) is 0 Å². The van der Waals surface area contributed by atoms with Crippen LogP contribution in [0, 0.1) is 0 Å². The Kier molecular flexibility index (Phi) is 3.51. The molecule has 0 spiro atoms. The van der Waals surface area contributed by atoms with Crippen molar-refractivity contribution in [3.05, 3.63) is 60.2 Å². The molecule has 1 fully saturated rings. The molecule has 4 rings (SSSR count). The molecule has 1 unspecified atom stereocenters. The molecule has 0 bridgehead atoms. The maximum atomic E-state index is 11.6. The monoisotopic (exact) mass is 308 g/mol. The molecule has 22 heavy (non-hydrogen) atoms. The molecule has 110 valence electrons. The van der Waals surface area contributed by atoms with Crippen molar-refractivity contribution >= 4 is 39.3 Å². The number of hydrogen-bond donors (Lipinski definition) is 0. The summed E-state index contributed by atoms with van der Waals surface area (Å²) in [6.45, 7) is 0.566. The molecule has 1 aliphatic heterocycles. The lowest BCUT2D eigenvalue weighted by Gasteiger charge is -2.10. The summed E-state index contributed by atoms with van der Waals surface area (Å²) in [5.41, 5.74) is 1.29. The van der Waals surface area contributed by atoms with E-state index in [1.807, 2.05) is 0 Å². The normalized spacial score (nSPS) is 18.0. The van der Waals surface area contributed by atoms with Gasteiger partial charge in [0, 0.05) is 12.2 Å². The molecular weight excluding hydrogens is 292 g/mol. The second kappa shape index (κ2) is 5.65. The van der Waals surface area contributed by atoms with E-state index in [1.54, 1.807) is 11.8 Å². The van der Waals surface area contributed by atoms with E-state index in [2.05, 4.69) is 54.6 Å². The summed E-state index contributed by atoms with van der Waals surface area (Å²) in [6, 6.07) is 19.3. The maximum Gasteiger partial charge on any atom is 0.319 e. The van der Waals surface area contributed by atoms with Crippen molar-refractivity contribution in [2.45, 2.75) is 17.4 Å². The van der Waals surface area contributed by atoms with Crippen molar-refractivity contribution in [2.24, 2.45) is 0 Å². The van der Waals surface area contributed by atoms with Gasteiger partial charge in [0.25, 0.3) is 0 Å². The second-order valence-corrected chi connectivity index (χ2v) is 6.78. The molecule has 0 N–H and O–H groups in total. The van der Waals surface area contributed by atoms with Gasteiger partial charge in [0.1, 0.15) is 5.25 Å². The van der Waals surface area contributed by atoms with E-state index in [-0.39, 0.29) is 11.2 Å². The molecular formula is C19H16O2S. The number of thioether (sulfide) groups is 1. The van der Waals surface area contributed by atoms with Crippen LogP contribution in [0.1, 0.15) is 12.0 Å². The van der Waals surface area contributed by atoms with E-state index in [9.17, 15) is 4.79 Å². The molecule has 0 radical (unpaired) electrons. The molecule has 2 nitrogen and oxygen atoms in total. The Labute approximate surface area is 133 Å². The molecule has 3 aromatic rings. The molecule has 1 heterocycles. The van der Waals surface area contributed by atoms with Gasteiger partial charge in [-0.15, -0.1) is 11.8 Å². The van der Waals surface area contributed by atoms with Crippen LogP contribution in [0.3, 0.4) is 0 Å². The Hall–Kier alpha value is -2.00. The van der Waals surface area contributed by atoms with E-state index < -0.39 is 0 Å². The lowest BCUT2D eigenvalue weighted by molar-refractivity contribution is -0.137. The van der Waals surface area contributed by atoms with Gasteiger partial charge in [0.2, 0.25) is 0 Å². The van der Waals surface area contributed by atoms with E-state index in [1.165, 1.54) is 27.1 Å². The highest BCUT2D eigenvalue weighted by Crippen LogP contribution is 2.31. The zero-order valence-electron chi connectivity index (χ0n) is 12.1. The van der Waals surface area contributed by atoms with Crippen LogP contribution in [0.15, 0.2) is 54.6 Å². The van der Waals surface area contributed by atoms with Gasteiger partial charge in [0.05, 0.1) is 6.61 Å². The predicted octanol–water partition coefficient (Wildman–Crippen LogP) is 4.54. The van der Waals surface area contributed by atoms with Gasteiger partial charge < -0.3 is 4.74 Å². The average Bonchev–Trinajstić information content (AvgIpc) is 2.96. The minimum Gasteiger partial charge on any atom is -0.465 e. The topological polar surface area (TPSA) is 26.3 Å². The number of benzene rings is 3. The van der Waals surface area contributed by atoms with Gasteiger partial charge in [-0.1, -0.05) is 42.5 Å². The van der Waals surface area contributed by atoms with Gasteiger partial charge in [-0.3, -0.25) is 4.79 Å². The van der Waals surface area contributed by atoms with Crippen LogP contribution >= 0.6 is 11.8 Å². The summed E-state index contributed by atoms with van der Waals surface area (Å²) in [6.07, 6.45) is 0.831. The van der Waals surface area contributed by atoms with Crippen molar-refractivity contribution in [3.8, 4) is 0 Å². The number of esters is 1. The molecule has 0 aliphatic carbocycles. The Bertz CT molecular complexity index is 856. The Morgan fingerprint density at radius 2 is 1.77 bits per heavy atom. The van der Waals surface area contributed by atoms with Crippen molar-refractivity contribution < 1.29 is 9.53 Å². The number of carbonyl (C=O) groups excluding carboxylic acids is 1. The molecule has 3 aromatic carbocycles. The number of rotatable bonds is 3. The largest absolute Gasteiger partial charge is 0.465 e. The predicted molar refractivity (Wildman–Crippen MR) is 92.1 cm³/mol. The third-order valence-corrected chi connectivity index (χ3v) is 5.47. The van der Waals surface area contributed by atoms with Gasteiger partial charge >= 0.3 is 5.97 Å². The van der Waals surface area contributed by atoms with E-state index in [4.69, 9.17) is 4.74 Å². The molecule has 0 saturated carbocycles. The summed E-state index contributed by atoms with van der Waals surface area (Å²) in [5, 5.41) is 5.05. The van der Waals surface area contributed by atoms with Crippen molar-refractivity contribution in [3.63, 3.8) is 0 Å².